The highest BCUT2D eigenvalue weighted by atomic mass is 16.6. The number of imidazole rings is 1. The summed E-state index contributed by atoms with van der Waals surface area (Å²) >= 11 is 0. The first-order chi connectivity index (χ1) is 15.9. The highest BCUT2D eigenvalue weighted by Gasteiger charge is 2.16. The minimum Gasteiger partial charge on any atom is -0.486 e. The summed E-state index contributed by atoms with van der Waals surface area (Å²) in [5.41, 5.74) is 7.13. The number of para-hydroxylation sites is 1. The van der Waals surface area contributed by atoms with Crippen molar-refractivity contribution in [2.45, 2.75) is 13.5 Å². The summed E-state index contributed by atoms with van der Waals surface area (Å²) in [7, 11) is 0. The van der Waals surface area contributed by atoms with Crippen molar-refractivity contribution in [1.29, 1.82) is 0 Å². The van der Waals surface area contributed by atoms with Gasteiger partial charge in [-0.05, 0) is 36.8 Å². The topological polar surface area (TPSA) is 128 Å². The van der Waals surface area contributed by atoms with Crippen LogP contribution in [0.25, 0.3) is 5.65 Å². The van der Waals surface area contributed by atoms with Crippen molar-refractivity contribution in [2.75, 3.05) is 0 Å². The molecule has 0 spiro atoms. The molecule has 0 bridgehead atoms. The zero-order chi connectivity index (χ0) is 23.4. The van der Waals surface area contributed by atoms with Crippen LogP contribution in [-0.2, 0) is 6.61 Å². The summed E-state index contributed by atoms with van der Waals surface area (Å²) in [4.78, 5) is 39.7. The Labute approximate surface area is 188 Å². The number of nitrogens with zero attached hydrogens (tertiary/aromatic N) is 3. The van der Waals surface area contributed by atoms with Crippen molar-refractivity contribution in [3.8, 4) is 5.75 Å². The number of nitro benzene ring substituents is 1. The molecule has 10 nitrogen and oxygen atoms in total. The number of non-ortho nitro benzene ring substituents is 1. The van der Waals surface area contributed by atoms with Crippen LogP contribution >= 0.6 is 0 Å². The minimum absolute atomic E-state index is 0.0381. The number of amides is 2. The fourth-order valence-corrected chi connectivity index (χ4v) is 3.22. The predicted octanol–water partition coefficient (Wildman–Crippen LogP) is 3.20. The van der Waals surface area contributed by atoms with Gasteiger partial charge in [0.1, 0.15) is 18.0 Å². The number of pyridine rings is 1. The molecule has 0 unspecified atom stereocenters. The van der Waals surface area contributed by atoms with Gasteiger partial charge in [0.15, 0.2) is 0 Å². The maximum atomic E-state index is 12.6. The molecule has 0 saturated heterocycles. The summed E-state index contributed by atoms with van der Waals surface area (Å²) < 4.78 is 7.72. The Balaban J connectivity index is 1.42. The van der Waals surface area contributed by atoms with Crippen LogP contribution in [0.2, 0.25) is 0 Å². The SMILES string of the molecule is Cc1cccn2cc(COc3ccccc3C(=O)NNC(=O)c3cccc([N+](=O)[O-])c3)nc12. The minimum atomic E-state index is -0.689. The molecule has 0 aliphatic rings. The van der Waals surface area contributed by atoms with Gasteiger partial charge in [0, 0.05) is 30.1 Å². The van der Waals surface area contributed by atoms with Crippen LogP contribution in [0, 0.1) is 17.0 Å². The molecule has 2 aromatic heterocycles. The second-order valence-corrected chi connectivity index (χ2v) is 7.15. The van der Waals surface area contributed by atoms with Gasteiger partial charge in [-0.2, -0.15) is 0 Å². The summed E-state index contributed by atoms with van der Waals surface area (Å²) in [5, 5.41) is 10.9. The highest BCUT2D eigenvalue weighted by Crippen LogP contribution is 2.20. The van der Waals surface area contributed by atoms with Gasteiger partial charge in [0.05, 0.1) is 16.2 Å². The van der Waals surface area contributed by atoms with Gasteiger partial charge in [0.25, 0.3) is 17.5 Å². The number of carbonyl (C=O) groups is 2. The Bertz CT molecular complexity index is 1360. The maximum absolute atomic E-state index is 12.6. The number of rotatable bonds is 6. The van der Waals surface area contributed by atoms with Crippen molar-refractivity contribution >= 4 is 23.1 Å². The number of nitrogens with one attached hydrogen (secondary N) is 2. The number of aryl methyl sites for hydroxylation is 1. The van der Waals surface area contributed by atoms with Crippen LogP contribution in [0.5, 0.6) is 5.75 Å². The first-order valence-corrected chi connectivity index (χ1v) is 9.92. The van der Waals surface area contributed by atoms with Crippen molar-refractivity contribution < 1.29 is 19.2 Å². The van der Waals surface area contributed by atoms with Gasteiger partial charge in [-0.25, -0.2) is 4.98 Å². The first-order valence-electron chi connectivity index (χ1n) is 9.92. The van der Waals surface area contributed by atoms with Crippen molar-refractivity contribution in [1.82, 2.24) is 20.2 Å². The predicted molar refractivity (Wildman–Crippen MR) is 119 cm³/mol. The van der Waals surface area contributed by atoms with E-state index in [2.05, 4.69) is 15.8 Å². The third-order valence-corrected chi connectivity index (χ3v) is 4.84. The number of nitro groups is 1. The van der Waals surface area contributed by atoms with Gasteiger partial charge in [-0.3, -0.25) is 30.6 Å². The molecule has 2 aromatic carbocycles. The fraction of sp³-hybridized carbons (Fsp3) is 0.0870. The number of fused-ring (bicyclic) bond motifs is 1. The van der Waals surface area contributed by atoms with E-state index >= 15 is 0 Å². The molecule has 4 aromatic rings. The van der Waals surface area contributed by atoms with Gasteiger partial charge in [0.2, 0.25) is 0 Å². The normalized spacial score (nSPS) is 10.6. The lowest BCUT2D eigenvalue weighted by Gasteiger charge is -2.11. The van der Waals surface area contributed by atoms with E-state index in [1.54, 1.807) is 24.3 Å². The molecule has 0 fully saturated rings. The van der Waals surface area contributed by atoms with E-state index in [0.717, 1.165) is 17.3 Å². The molecule has 0 aliphatic carbocycles. The van der Waals surface area contributed by atoms with Crippen LogP contribution in [0.1, 0.15) is 32.0 Å². The third kappa shape index (κ3) is 4.79. The Morgan fingerprint density at radius 3 is 2.64 bits per heavy atom. The molecule has 33 heavy (non-hydrogen) atoms. The highest BCUT2D eigenvalue weighted by molar-refractivity contribution is 6.00. The molecular weight excluding hydrogens is 426 g/mol. The molecule has 0 saturated carbocycles. The summed E-state index contributed by atoms with van der Waals surface area (Å²) in [6, 6.07) is 15.7. The largest absolute Gasteiger partial charge is 0.486 e. The van der Waals surface area contributed by atoms with Gasteiger partial charge in [-0.1, -0.05) is 24.3 Å². The van der Waals surface area contributed by atoms with Gasteiger partial charge < -0.3 is 9.14 Å². The summed E-state index contributed by atoms with van der Waals surface area (Å²) in [5.74, 6) is -0.978. The lowest BCUT2D eigenvalue weighted by atomic mass is 10.2. The summed E-state index contributed by atoms with van der Waals surface area (Å²) in [6.45, 7) is 2.11. The Kier molecular flexibility index (Phi) is 5.98. The van der Waals surface area contributed by atoms with E-state index in [4.69, 9.17) is 4.74 Å². The molecule has 166 valence electrons. The maximum Gasteiger partial charge on any atom is 0.273 e. The zero-order valence-corrected chi connectivity index (χ0v) is 17.5. The molecule has 0 atom stereocenters. The van der Waals surface area contributed by atoms with Crippen LogP contribution in [0.3, 0.4) is 0 Å². The number of carbonyl (C=O) groups excluding carboxylic acids is 2. The molecular formula is C23H19N5O5. The number of hydrogen-bond donors (Lipinski definition) is 2. The van der Waals surface area contributed by atoms with E-state index in [1.807, 2.05) is 35.9 Å². The van der Waals surface area contributed by atoms with E-state index in [1.165, 1.54) is 18.2 Å². The Morgan fingerprint density at radius 1 is 1.06 bits per heavy atom. The van der Waals surface area contributed by atoms with E-state index in [0.29, 0.717) is 11.4 Å². The van der Waals surface area contributed by atoms with Gasteiger partial charge >= 0.3 is 0 Å². The second kappa shape index (κ2) is 9.18. The smallest absolute Gasteiger partial charge is 0.273 e. The zero-order valence-electron chi connectivity index (χ0n) is 17.5. The van der Waals surface area contributed by atoms with Crippen LogP contribution in [-0.4, -0.2) is 26.1 Å². The first kappa shape index (κ1) is 21.5. The Hall–Kier alpha value is -4.73. The fourth-order valence-electron chi connectivity index (χ4n) is 3.22. The summed E-state index contributed by atoms with van der Waals surface area (Å²) in [6.07, 6.45) is 3.74. The molecule has 2 heterocycles. The molecule has 10 heteroatoms. The van der Waals surface area contributed by atoms with Crippen molar-refractivity contribution in [3.05, 3.63) is 106 Å². The Morgan fingerprint density at radius 2 is 1.85 bits per heavy atom. The van der Waals surface area contributed by atoms with Crippen LogP contribution in [0.15, 0.2) is 73.1 Å². The second-order valence-electron chi connectivity index (χ2n) is 7.15. The lowest BCUT2D eigenvalue weighted by Crippen LogP contribution is -2.41. The number of aromatic nitrogens is 2. The standard InChI is InChI=1S/C23H19N5O5/c1-15-6-5-11-27-13-17(24-21(15)27)14-33-20-10-3-2-9-19(20)23(30)26-25-22(29)16-7-4-8-18(12-16)28(31)32/h2-13H,14H2,1H3,(H,25,29)(H,26,30). The number of benzene rings is 2. The molecule has 2 N–H and O–H groups in total. The number of hydrazine groups is 1. The average Bonchev–Trinajstić information content (AvgIpc) is 3.26. The number of ether oxygens (including phenoxy) is 1. The average molecular weight is 445 g/mol. The number of hydrogen-bond acceptors (Lipinski definition) is 6. The lowest BCUT2D eigenvalue weighted by molar-refractivity contribution is -0.384. The quantitative estimate of drug-likeness (QED) is 0.346. The third-order valence-electron chi connectivity index (χ3n) is 4.84. The van der Waals surface area contributed by atoms with Crippen molar-refractivity contribution in [3.63, 3.8) is 0 Å². The molecule has 0 aliphatic heterocycles. The molecule has 0 radical (unpaired) electrons. The van der Waals surface area contributed by atoms with E-state index in [-0.39, 0.29) is 23.4 Å². The van der Waals surface area contributed by atoms with Crippen LogP contribution in [0.4, 0.5) is 5.69 Å². The molecule has 4 rings (SSSR count). The van der Waals surface area contributed by atoms with Crippen LogP contribution < -0.4 is 15.6 Å². The molecule has 2 amide bonds. The van der Waals surface area contributed by atoms with E-state index < -0.39 is 16.7 Å². The monoisotopic (exact) mass is 445 g/mol. The van der Waals surface area contributed by atoms with E-state index in [9.17, 15) is 19.7 Å². The van der Waals surface area contributed by atoms with Crippen molar-refractivity contribution in [2.24, 2.45) is 0 Å². The van der Waals surface area contributed by atoms with Gasteiger partial charge in [-0.15, -0.1) is 0 Å².